The SMILES string of the molecule is CC1CN(c2nc(Cc3ccc(Cl)cc3)ns2)CCN1C(=O)/C=C/c1ccccc1. The number of aromatic nitrogens is 2. The molecule has 2 heterocycles. The van der Waals surface area contributed by atoms with Crippen LogP contribution in [0.25, 0.3) is 6.08 Å². The Balaban J connectivity index is 1.35. The number of amides is 1. The fourth-order valence-corrected chi connectivity index (χ4v) is 4.36. The minimum atomic E-state index is 0.0479. The Kier molecular flexibility index (Phi) is 6.45. The lowest BCUT2D eigenvalue weighted by Gasteiger charge is -2.39. The average molecular weight is 439 g/mol. The third kappa shape index (κ3) is 5.07. The van der Waals surface area contributed by atoms with Gasteiger partial charge in [0.25, 0.3) is 0 Å². The van der Waals surface area contributed by atoms with Crippen LogP contribution in [0, 0.1) is 0 Å². The molecule has 4 rings (SSSR count). The van der Waals surface area contributed by atoms with Gasteiger partial charge in [0, 0.05) is 54.7 Å². The summed E-state index contributed by atoms with van der Waals surface area (Å²) in [6.07, 6.45) is 4.22. The van der Waals surface area contributed by atoms with Crippen LogP contribution in [0.3, 0.4) is 0 Å². The van der Waals surface area contributed by atoms with Crippen LogP contribution in [0.1, 0.15) is 23.9 Å². The summed E-state index contributed by atoms with van der Waals surface area (Å²) in [6.45, 7) is 4.26. The van der Waals surface area contributed by atoms with E-state index in [0.29, 0.717) is 13.0 Å². The van der Waals surface area contributed by atoms with E-state index >= 15 is 0 Å². The zero-order valence-corrected chi connectivity index (χ0v) is 18.3. The Bertz CT molecular complexity index is 1020. The van der Waals surface area contributed by atoms with Crippen LogP contribution in [0.2, 0.25) is 5.02 Å². The summed E-state index contributed by atoms with van der Waals surface area (Å²) in [5.74, 6) is 0.862. The number of carbonyl (C=O) groups is 1. The van der Waals surface area contributed by atoms with Gasteiger partial charge >= 0.3 is 0 Å². The molecule has 1 atom stereocenters. The first kappa shape index (κ1) is 20.6. The molecule has 1 unspecified atom stereocenters. The zero-order valence-electron chi connectivity index (χ0n) is 16.7. The number of anilines is 1. The van der Waals surface area contributed by atoms with Crippen LogP contribution in [0.5, 0.6) is 0 Å². The van der Waals surface area contributed by atoms with E-state index in [1.165, 1.54) is 11.5 Å². The van der Waals surface area contributed by atoms with Crippen molar-refractivity contribution in [2.75, 3.05) is 24.5 Å². The van der Waals surface area contributed by atoms with Gasteiger partial charge in [-0.2, -0.15) is 4.37 Å². The first-order chi connectivity index (χ1) is 14.6. The van der Waals surface area contributed by atoms with Gasteiger partial charge in [0.15, 0.2) is 0 Å². The first-order valence-corrected chi connectivity index (χ1v) is 11.1. The molecule has 0 N–H and O–H groups in total. The third-order valence-corrected chi connectivity index (χ3v) is 6.20. The predicted molar refractivity (Wildman–Crippen MR) is 123 cm³/mol. The van der Waals surface area contributed by atoms with Gasteiger partial charge in [0.1, 0.15) is 5.82 Å². The number of nitrogens with zero attached hydrogens (tertiary/aromatic N) is 4. The summed E-state index contributed by atoms with van der Waals surface area (Å²) in [6, 6.07) is 17.7. The Morgan fingerprint density at radius 2 is 1.93 bits per heavy atom. The van der Waals surface area contributed by atoms with Crippen molar-refractivity contribution in [1.82, 2.24) is 14.3 Å². The lowest BCUT2D eigenvalue weighted by atomic mass is 10.1. The summed E-state index contributed by atoms with van der Waals surface area (Å²) in [5, 5.41) is 1.64. The highest BCUT2D eigenvalue weighted by Gasteiger charge is 2.28. The fourth-order valence-electron chi connectivity index (χ4n) is 3.52. The van der Waals surface area contributed by atoms with E-state index in [1.54, 1.807) is 6.08 Å². The second-order valence-corrected chi connectivity index (χ2v) is 8.53. The molecular weight excluding hydrogens is 416 g/mol. The number of rotatable bonds is 5. The summed E-state index contributed by atoms with van der Waals surface area (Å²) in [5.41, 5.74) is 2.16. The van der Waals surface area contributed by atoms with E-state index in [9.17, 15) is 4.79 Å². The highest BCUT2D eigenvalue weighted by atomic mass is 35.5. The molecule has 0 aliphatic carbocycles. The van der Waals surface area contributed by atoms with Crippen molar-refractivity contribution < 1.29 is 4.79 Å². The highest BCUT2D eigenvalue weighted by molar-refractivity contribution is 7.09. The van der Waals surface area contributed by atoms with Crippen LogP contribution in [-0.2, 0) is 11.2 Å². The highest BCUT2D eigenvalue weighted by Crippen LogP contribution is 2.23. The standard InChI is InChI=1S/C23H23ClN4OS/c1-17-16-27(13-14-28(17)22(29)12-9-18-5-3-2-4-6-18)23-25-21(26-30-23)15-19-7-10-20(24)11-8-19/h2-12,17H,13-16H2,1H3/b12-9+. The van der Waals surface area contributed by atoms with Gasteiger partial charge in [-0.05, 0) is 36.3 Å². The molecule has 1 aromatic heterocycles. The lowest BCUT2D eigenvalue weighted by molar-refractivity contribution is -0.128. The molecule has 0 bridgehead atoms. The molecule has 5 nitrogen and oxygen atoms in total. The van der Waals surface area contributed by atoms with E-state index in [1.807, 2.05) is 65.6 Å². The molecule has 1 saturated heterocycles. The molecule has 0 radical (unpaired) electrons. The molecule has 2 aromatic carbocycles. The molecule has 0 saturated carbocycles. The molecule has 30 heavy (non-hydrogen) atoms. The molecule has 1 fully saturated rings. The summed E-state index contributed by atoms with van der Waals surface area (Å²) >= 11 is 7.37. The van der Waals surface area contributed by atoms with E-state index in [-0.39, 0.29) is 11.9 Å². The normalized spacial score (nSPS) is 16.9. The minimum absolute atomic E-state index is 0.0479. The third-order valence-electron chi connectivity index (χ3n) is 5.13. The molecule has 7 heteroatoms. The largest absolute Gasteiger partial charge is 0.343 e. The van der Waals surface area contributed by atoms with E-state index in [0.717, 1.165) is 40.2 Å². The maximum Gasteiger partial charge on any atom is 0.246 e. The molecule has 1 amide bonds. The molecule has 3 aromatic rings. The van der Waals surface area contributed by atoms with Crippen molar-refractivity contribution in [3.63, 3.8) is 0 Å². The van der Waals surface area contributed by atoms with Crippen molar-refractivity contribution >= 4 is 40.2 Å². The average Bonchev–Trinajstić information content (AvgIpc) is 3.23. The summed E-state index contributed by atoms with van der Waals surface area (Å²) in [7, 11) is 0. The Morgan fingerprint density at radius 3 is 2.67 bits per heavy atom. The van der Waals surface area contributed by atoms with Crippen LogP contribution < -0.4 is 4.90 Å². The van der Waals surface area contributed by atoms with Crippen LogP contribution in [0.4, 0.5) is 5.13 Å². The number of halogens is 1. The van der Waals surface area contributed by atoms with Crippen LogP contribution in [-0.4, -0.2) is 45.8 Å². The van der Waals surface area contributed by atoms with Gasteiger partial charge in [-0.1, -0.05) is 54.1 Å². The van der Waals surface area contributed by atoms with Crippen molar-refractivity contribution in [2.24, 2.45) is 0 Å². The van der Waals surface area contributed by atoms with Crippen LogP contribution >= 0.6 is 23.1 Å². The molecule has 1 aliphatic rings. The Hall–Kier alpha value is -2.70. The number of hydrogen-bond donors (Lipinski definition) is 0. The quantitative estimate of drug-likeness (QED) is 0.549. The number of benzene rings is 2. The van der Waals surface area contributed by atoms with Gasteiger partial charge in [-0.25, -0.2) is 4.98 Å². The summed E-state index contributed by atoms with van der Waals surface area (Å²) in [4.78, 5) is 21.5. The fraction of sp³-hybridized carbons (Fsp3) is 0.261. The van der Waals surface area contributed by atoms with Crippen LogP contribution in [0.15, 0.2) is 60.7 Å². The van der Waals surface area contributed by atoms with E-state index in [2.05, 4.69) is 16.2 Å². The van der Waals surface area contributed by atoms with Crippen molar-refractivity contribution in [3.8, 4) is 0 Å². The number of carbonyl (C=O) groups excluding carboxylic acids is 1. The minimum Gasteiger partial charge on any atom is -0.343 e. The zero-order chi connectivity index (χ0) is 20.9. The summed E-state index contributed by atoms with van der Waals surface area (Å²) < 4.78 is 4.52. The maximum atomic E-state index is 12.6. The van der Waals surface area contributed by atoms with Crippen molar-refractivity contribution in [2.45, 2.75) is 19.4 Å². The number of piperazine rings is 1. The Labute approximate surface area is 185 Å². The second-order valence-electron chi connectivity index (χ2n) is 7.37. The smallest absolute Gasteiger partial charge is 0.246 e. The van der Waals surface area contributed by atoms with E-state index in [4.69, 9.17) is 16.6 Å². The Morgan fingerprint density at radius 1 is 1.17 bits per heavy atom. The first-order valence-electron chi connectivity index (χ1n) is 9.94. The molecular formula is C23H23ClN4OS. The molecule has 0 spiro atoms. The predicted octanol–water partition coefficient (Wildman–Crippen LogP) is 4.53. The molecule has 154 valence electrons. The molecule has 1 aliphatic heterocycles. The van der Waals surface area contributed by atoms with Crippen molar-refractivity contribution in [3.05, 3.63) is 82.6 Å². The topological polar surface area (TPSA) is 49.3 Å². The van der Waals surface area contributed by atoms with Crippen molar-refractivity contribution in [1.29, 1.82) is 0 Å². The maximum absolute atomic E-state index is 12.6. The van der Waals surface area contributed by atoms with Gasteiger partial charge in [0.2, 0.25) is 11.0 Å². The number of hydrogen-bond acceptors (Lipinski definition) is 5. The monoisotopic (exact) mass is 438 g/mol. The lowest BCUT2D eigenvalue weighted by Crippen LogP contribution is -2.53. The van der Waals surface area contributed by atoms with Gasteiger partial charge in [0.05, 0.1) is 0 Å². The van der Waals surface area contributed by atoms with Gasteiger partial charge < -0.3 is 9.80 Å². The second kappa shape index (κ2) is 9.41. The van der Waals surface area contributed by atoms with Gasteiger partial charge in [-0.3, -0.25) is 4.79 Å². The van der Waals surface area contributed by atoms with E-state index < -0.39 is 0 Å². The van der Waals surface area contributed by atoms with Gasteiger partial charge in [-0.15, -0.1) is 0 Å².